The van der Waals surface area contributed by atoms with Gasteiger partial charge < -0.3 is 19.5 Å². The third-order valence-electron chi connectivity index (χ3n) is 2.72. The van der Waals surface area contributed by atoms with Gasteiger partial charge in [0.25, 0.3) is 0 Å². The Bertz CT molecular complexity index is 617. The van der Waals surface area contributed by atoms with Crippen LogP contribution in [0.1, 0.15) is 0 Å². The number of nitrogens with one attached hydrogen (secondary N) is 1. The summed E-state index contributed by atoms with van der Waals surface area (Å²) in [6, 6.07) is 8.86. The zero-order chi connectivity index (χ0) is 16.5. The van der Waals surface area contributed by atoms with Gasteiger partial charge in [-0.15, -0.1) is 0 Å². The molecule has 1 amide bonds. The Morgan fingerprint density at radius 2 is 1.96 bits per heavy atom. The van der Waals surface area contributed by atoms with Crippen molar-refractivity contribution >= 4 is 11.6 Å². The third kappa shape index (κ3) is 6.01. The fourth-order valence-electron chi connectivity index (χ4n) is 1.64. The highest BCUT2D eigenvalue weighted by Crippen LogP contribution is 2.20. The fourth-order valence-corrected chi connectivity index (χ4v) is 1.64. The standard InChI is InChI=1S/C16H17FN2O4/c1-21-8-9-22-11-15(20)19-13-4-7-16(18-10-13)23-14-5-2-12(17)3-6-14/h2-7,10H,8-9,11H2,1H3,(H,19,20). The van der Waals surface area contributed by atoms with E-state index >= 15 is 0 Å². The van der Waals surface area contributed by atoms with E-state index in [1.807, 2.05) is 0 Å². The monoisotopic (exact) mass is 320 g/mol. The van der Waals surface area contributed by atoms with Crippen molar-refractivity contribution in [1.29, 1.82) is 0 Å². The van der Waals surface area contributed by atoms with Gasteiger partial charge in [-0.2, -0.15) is 0 Å². The second-order valence-corrected chi connectivity index (χ2v) is 4.53. The Balaban J connectivity index is 1.82. The van der Waals surface area contributed by atoms with Gasteiger partial charge in [0.1, 0.15) is 18.2 Å². The van der Waals surface area contributed by atoms with Gasteiger partial charge >= 0.3 is 0 Å². The molecule has 0 aliphatic heterocycles. The normalized spacial score (nSPS) is 10.3. The van der Waals surface area contributed by atoms with Crippen molar-refractivity contribution in [3.8, 4) is 11.6 Å². The van der Waals surface area contributed by atoms with Crippen molar-refractivity contribution in [3.05, 3.63) is 48.4 Å². The van der Waals surface area contributed by atoms with Gasteiger partial charge in [-0.05, 0) is 30.3 Å². The van der Waals surface area contributed by atoms with Crippen LogP contribution >= 0.6 is 0 Å². The van der Waals surface area contributed by atoms with Crippen LogP contribution < -0.4 is 10.1 Å². The molecule has 0 fully saturated rings. The van der Waals surface area contributed by atoms with Crippen molar-refractivity contribution in [2.75, 3.05) is 32.2 Å². The minimum absolute atomic E-state index is 0.0583. The highest BCUT2D eigenvalue weighted by atomic mass is 19.1. The molecule has 122 valence electrons. The minimum Gasteiger partial charge on any atom is -0.439 e. The molecular formula is C16H17FN2O4. The number of ether oxygens (including phenoxy) is 3. The van der Waals surface area contributed by atoms with Gasteiger partial charge in [0.15, 0.2) is 0 Å². The van der Waals surface area contributed by atoms with Gasteiger partial charge in [-0.25, -0.2) is 9.37 Å². The average Bonchev–Trinajstić information content (AvgIpc) is 2.56. The Morgan fingerprint density at radius 3 is 2.61 bits per heavy atom. The van der Waals surface area contributed by atoms with E-state index < -0.39 is 0 Å². The summed E-state index contributed by atoms with van der Waals surface area (Å²) in [5.74, 6) is 0.194. The number of methoxy groups -OCH3 is 1. The van der Waals surface area contributed by atoms with E-state index in [1.165, 1.54) is 30.5 Å². The molecule has 1 N–H and O–H groups in total. The number of hydrogen-bond acceptors (Lipinski definition) is 5. The van der Waals surface area contributed by atoms with E-state index in [0.717, 1.165) is 0 Å². The predicted octanol–water partition coefficient (Wildman–Crippen LogP) is 2.61. The van der Waals surface area contributed by atoms with Crippen molar-refractivity contribution in [3.63, 3.8) is 0 Å². The number of pyridine rings is 1. The number of nitrogens with zero attached hydrogens (tertiary/aromatic N) is 1. The average molecular weight is 320 g/mol. The van der Waals surface area contributed by atoms with Crippen molar-refractivity contribution in [1.82, 2.24) is 4.98 Å². The van der Waals surface area contributed by atoms with Gasteiger partial charge in [0.05, 0.1) is 25.1 Å². The summed E-state index contributed by atoms with van der Waals surface area (Å²) in [5.41, 5.74) is 0.525. The maximum Gasteiger partial charge on any atom is 0.250 e. The lowest BCUT2D eigenvalue weighted by molar-refractivity contribution is -0.121. The Kier molecular flexibility index (Phi) is 6.46. The van der Waals surface area contributed by atoms with E-state index in [0.29, 0.717) is 30.5 Å². The number of carbonyl (C=O) groups is 1. The van der Waals surface area contributed by atoms with Crippen LogP contribution in [0.15, 0.2) is 42.6 Å². The molecule has 1 heterocycles. The summed E-state index contributed by atoms with van der Waals surface area (Å²) in [5, 5.41) is 2.64. The van der Waals surface area contributed by atoms with Crippen LogP contribution in [0.2, 0.25) is 0 Å². The summed E-state index contributed by atoms with van der Waals surface area (Å²) in [6.07, 6.45) is 1.46. The van der Waals surface area contributed by atoms with Gasteiger partial charge in [-0.1, -0.05) is 0 Å². The lowest BCUT2D eigenvalue weighted by Gasteiger charge is -2.07. The van der Waals surface area contributed by atoms with Gasteiger partial charge in [0.2, 0.25) is 11.8 Å². The quantitative estimate of drug-likeness (QED) is 0.757. The molecule has 0 spiro atoms. The van der Waals surface area contributed by atoms with Crippen LogP contribution in [0.5, 0.6) is 11.6 Å². The molecule has 0 saturated carbocycles. The number of aromatic nitrogens is 1. The first kappa shape index (κ1) is 16.9. The topological polar surface area (TPSA) is 69.7 Å². The maximum atomic E-state index is 12.8. The van der Waals surface area contributed by atoms with E-state index in [-0.39, 0.29) is 18.3 Å². The molecule has 0 radical (unpaired) electrons. The lowest BCUT2D eigenvalue weighted by atomic mass is 10.3. The molecule has 0 aliphatic carbocycles. The van der Waals surface area contributed by atoms with E-state index in [2.05, 4.69) is 10.3 Å². The highest BCUT2D eigenvalue weighted by molar-refractivity contribution is 5.91. The molecule has 1 aromatic heterocycles. The van der Waals surface area contributed by atoms with Crippen LogP contribution in [0, 0.1) is 5.82 Å². The molecule has 2 rings (SSSR count). The van der Waals surface area contributed by atoms with Crippen LogP contribution in [-0.4, -0.2) is 37.8 Å². The first-order valence-electron chi connectivity index (χ1n) is 6.93. The maximum absolute atomic E-state index is 12.8. The SMILES string of the molecule is COCCOCC(=O)Nc1ccc(Oc2ccc(F)cc2)nc1. The van der Waals surface area contributed by atoms with Crippen molar-refractivity contribution in [2.24, 2.45) is 0 Å². The summed E-state index contributed by atoms with van der Waals surface area (Å²) < 4.78 is 28.2. The van der Waals surface area contributed by atoms with Crippen LogP contribution in [0.4, 0.5) is 10.1 Å². The number of benzene rings is 1. The molecule has 1 aromatic carbocycles. The Labute approximate surface area is 133 Å². The molecule has 23 heavy (non-hydrogen) atoms. The molecular weight excluding hydrogens is 303 g/mol. The Hall–Kier alpha value is -2.51. The molecule has 7 heteroatoms. The lowest BCUT2D eigenvalue weighted by Crippen LogP contribution is -2.19. The molecule has 6 nitrogen and oxygen atoms in total. The second kappa shape index (κ2) is 8.82. The number of hydrogen-bond donors (Lipinski definition) is 1. The van der Waals surface area contributed by atoms with Crippen molar-refractivity contribution in [2.45, 2.75) is 0 Å². The number of carbonyl (C=O) groups excluding carboxylic acids is 1. The minimum atomic E-state index is -0.337. The number of rotatable bonds is 8. The van der Waals surface area contributed by atoms with Crippen LogP contribution in [0.25, 0.3) is 0 Å². The highest BCUT2D eigenvalue weighted by Gasteiger charge is 2.04. The number of anilines is 1. The second-order valence-electron chi connectivity index (χ2n) is 4.53. The molecule has 0 atom stereocenters. The van der Waals surface area contributed by atoms with Crippen LogP contribution in [0.3, 0.4) is 0 Å². The summed E-state index contributed by atoms with van der Waals surface area (Å²) >= 11 is 0. The zero-order valence-corrected chi connectivity index (χ0v) is 12.6. The fraction of sp³-hybridized carbons (Fsp3) is 0.250. The first-order chi connectivity index (χ1) is 11.2. The van der Waals surface area contributed by atoms with Crippen LogP contribution in [-0.2, 0) is 14.3 Å². The van der Waals surface area contributed by atoms with E-state index in [9.17, 15) is 9.18 Å². The van der Waals surface area contributed by atoms with Gasteiger partial charge in [-0.3, -0.25) is 4.79 Å². The van der Waals surface area contributed by atoms with E-state index in [1.54, 1.807) is 19.2 Å². The molecule has 0 saturated heterocycles. The largest absolute Gasteiger partial charge is 0.439 e. The third-order valence-corrected chi connectivity index (χ3v) is 2.72. The van der Waals surface area contributed by atoms with E-state index in [4.69, 9.17) is 14.2 Å². The molecule has 2 aromatic rings. The molecule has 0 aliphatic rings. The molecule has 0 bridgehead atoms. The molecule has 0 unspecified atom stereocenters. The smallest absolute Gasteiger partial charge is 0.250 e. The number of amides is 1. The van der Waals surface area contributed by atoms with Gasteiger partial charge in [0, 0.05) is 13.2 Å². The zero-order valence-electron chi connectivity index (χ0n) is 12.6. The first-order valence-corrected chi connectivity index (χ1v) is 6.93. The summed E-state index contributed by atoms with van der Waals surface area (Å²) in [7, 11) is 1.56. The number of halogens is 1. The summed E-state index contributed by atoms with van der Waals surface area (Å²) in [4.78, 5) is 15.7. The summed E-state index contributed by atoms with van der Waals surface area (Å²) in [6.45, 7) is 0.730. The van der Waals surface area contributed by atoms with Crippen molar-refractivity contribution < 1.29 is 23.4 Å². The Morgan fingerprint density at radius 1 is 1.17 bits per heavy atom. The predicted molar refractivity (Wildman–Crippen MR) is 82.0 cm³/mol.